The summed E-state index contributed by atoms with van der Waals surface area (Å²) in [5.41, 5.74) is 5.44. The van der Waals surface area contributed by atoms with Crippen molar-refractivity contribution in [1.82, 2.24) is 20.3 Å². The van der Waals surface area contributed by atoms with Crippen molar-refractivity contribution in [1.29, 1.82) is 0 Å². The van der Waals surface area contributed by atoms with Gasteiger partial charge in [-0.05, 0) is 21.1 Å². The van der Waals surface area contributed by atoms with E-state index >= 15 is 0 Å². The Bertz CT molecular complexity index is 250. The molecule has 0 fully saturated rings. The molecule has 0 aliphatic rings. The van der Waals surface area contributed by atoms with E-state index in [-0.39, 0.29) is 0 Å². The van der Waals surface area contributed by atoms with Gasteiger partial charge < -0.3 is 10.3 Å². The fourth-order valence-corrected chi connectivity index (χ4v) is 0.678. The summed E-state index contributed by atoms with van der Waals surface area (Å²) in [5, 5.41) is 0.375. The lowest BCUT2D eigenvalue weighted by Crippen LogP contribution is -2.16. The average molecular weight is 218 g/mol. The first-order chi connectivity index (χ1) is 6.56. The molecule has 0 saturated heterocycles. The molecule has 6 heteroatoms. The fourth-order valence-electron chi connectivity index (χ4n) is 0.530. The predicted molar refractivity (Wildman–Crippen MR) is 59.3 cm³/mol. The third-order valence-corrected chi connectivity index (χ3v) is 1.04. The SMILES string of the molecule is CN(C)C.CNNc1cncc(Cl)n1. The van der Waals surface area contributed by atoms with Crippen LogP contribution in [-0.4, -0.2) is 43.1 Å². The van der Waals surface area contributed by atoms with Gasteiger partial charge in [0.2, 0.25) is 0 Å². The van der Waals surface area contributed by atoms with Crippen molar-refractivity contribution < 1.29 is 0 Å². The number of aromatic nitrogens is 2. The van der Waals surface area contributed by atoms with Gasteiger partial charge in [0.1, 0.15) is 5.15 Å². The standard InChI is InChI=1S/C5H7ClN4.C3H9N/c1-7-10-5-3-8-2-4(6)9-5;1-4(2)3/h2-3,7H,1H3,(H,9,10);1-3H3. The fraction of sp³-hybridized carbons (Fsp3) is 0.500. The van der Waals surface area contributed by atoms with Crippen LogP contribution in [0.15, 0.2) is 12.4 Å². The van der Waals surface area contributed by atoms with Gasteiger partial charge in [-0.25, -0.2) is 10.4 Å². The minimum absolute atomic E-state index is 0.375. The molecule has 1 heterocycles. The minimum atomic E-state index is 0.375. The van der Waals surface area contributed by atoms with Gasteiger partial charge >= 0.3 is 0 Å². The second-order valence-electron chi connectivity index (χ2n) is 2.94. The lowest BCUT2D eigenvalue weighted by Gasteiger charge is -2.00. The van der Waals surface area contributed by atoms with Gasteiger partial charge in [0.15, 0.2) is 5.82 Å². The average Bonchev–Trinajstić information content (AvgIpc) is 2.03. The Balaban J connectivity index is 0.000000364. The van der Waals surface area contributed by atoms with Crippen LogP contribution < -0.4 is 10.9 Å². The Morgan fingerprint density at radius 1 is 1.29 bits per heavy atom. The van der Waals surface area contributed by atoms with Crippen LogP contribution in [0.3, 0.4) is 0 Å². The van der Waals surface area contributed by atoms with Crippen molar-refractivity contribution in [2.24, 2.45) is 0 Å². The van der Waals surface area contributed by atoms with E-state index < -0.39 is 0 Å². The maximum absolute atomic E-state index is 5.54. The van der Waals surface area contributed by atoms with Gasteiger partial charge in [-0.3, -0.25) is 4.98 Å². The summed E-state index contributed by atoms with van der Waals surface area (Å²) in [4.78, 5) is 9.70. The third-order valence-electron chi connectivity index (χ3n) is 0.858. The molecule has 0 unspecified atom stereocenters. The number of rotatable bonds is 2. The zero-order valence-electron chi connectivity index (χ0n) is 8.87. The molecule has 0 amide bonds. The second kappa shape index (κ2) is 7.49. The van der Waals surface area contributed by atoms with Gasteiger partial charge in [0.05, 0.1) is 12.4 Å². The molecule has 80 valence electrons. The smallest absolute Gasteiger partial charge is 0.160 e. The summed E-state index contributed by atoms with van der Waals surface area (Å²) in [7, 11) is 7.74. The van der Waals surface area contributed by atoms with Crippen molar-refractivity contribution in [2.45, 2.75) is 0 Å². The maximum atomic E-state index is 5.54. The molecule has 0 saturated carbocycles. The monoisotopic (exact) mass is 217 g/mol. The van der Waals surface area contributed by atoms with Gasteiger partial charge in [0.25, 0.3) is 0 Å². The number of nitrogens with one attached hydrogen (secondary N) is 2. The molecular formula is C8H16ClN5. The Hall–Kier alpha value is -0.910. The van der Waals surface area contributed by atoms with Gasteiger partial charge in [-0.1, -0.05) is 11.6 Å². The van der Waals surface area contributed by atoms with E-state index in [1.807, 2.05) is 26.0 Å². The van der Waals surface area contributed by atoms with Crippen LogP contribution in [0.5, 0.6) is 0 Å². The lowest BCUT2D eigenvalue weighted by atomic mass is 10.7. The predicted octanol–water partition coefficient (Wildman–Crippen LogP) is 0.854. The molecule has 0 spiro atoms. The van der Waals surface area contributed by atoms with Gasteiger partial charge in [0, 0.05) is 7.05 Å². The zero-order valence-corrected chi connectivity index (χ0v) is 9.63. The summed E-state index contributed by atoms with van der Waals surface area (Å²) >= 11 is 5.54. The summed E-state index contributed by atoms with van der Waals surface area (Å²) in [6.07, 6.45) is 3.05. The highest BCUT2D eigenvalue weighted by Crippen LogP contribution is 2.04. The van der Waals surface area contributed by atoms with E-state index in [9.17, 15) is 0 Å². The molecule has 0 aliphatic carbocycles. The van der Waals surface area contributed by atoms with E-state index in [1.54, 1.807) is 13.2 Å². The topological polar surface area (TPSA) is 53.1 Å². The maximum Gasteiger partial charge on any atom is 0.160 e. The molecule has 1 rings (SSSR count). The molecule has 1 aromatic heterocycles. The van der Waals surface area contributed by atoms with Crippen LogP contribution in [0.4, 0.5) is 5.82 Å². The molecule has 0 aromatic carbocycles. The normalized spacial score (nSPS) is 9.29. The number of hydrogen-bond donors (Lipinski definition) is 2. The second-order valence-corrected chi connectivity index (χ2v) is 3.33. The molecule has 0 atom stereocenters. The first kappa shape index (κ1) is 13.1. The van der Waals surface area contributed by atoms with Crippen molar-refractivity contribution in [3.8, 4) is 0 Å². The van der Waals surface area contributed by atoms with E-state index in [1.165, 1.54) is 6.20 Å². The van der Waals surface area contributed by atoms with E-state index in [2.05, 4.69) is 20.8 Å². The molecular weight excluding hydrogens is 202 g/mol. The molecule has 5 nitrogen and oxygen atoms in total. The van der Waals surface area contributed by atoms with Crippen molar-refractivity contribution in [3.63, 3.8) is 0 Å². The zero-order chi connectivity index (χ0) is 11.0. The summed E-state index contributed by atoms with van der Waals surface area (Å²) in [6, 6.07) is 0. The number of halogens is 1. The van der Waals surface area contributed by atoms with Crippen molar-refractivity contribution >= 4 is 17.4 Å². The number of hydrogen-bond acceptors (Lipinski definition) is 5. The van der Waals surface area contributed by atoms with Crippen LogP contribution in [0.1, 0.15) is 0 Å². The number of hydrazine groups is 1. The highest BCUT2D eigenvalue weighted by Gasteiger charge is 1.91. The van der Waals surface area contributed by atoms with E-state index in [0.29, 0.717) is 11.0 Å². The van der Waals surface area contributed by atoms with Crippen molar-refractivity contribution in [2.75, 3.05) is 33.6 Å². The van der Waals surface area contributed by atoms with Crippen LogP contribution in [-0.2, 0) is 0 Å². The summed E-state index contributed by atoms with van der Waals surface area (Å²) in [6.45, 7) is 0. The largest absolute Gasteiger partial charge is 0.312 e. The van der Waals surface area contributed by atoms with E-state index in [0.717, 1.165) is 0 Å². The molecule has 0 aliphatic heterocycles. The summed E-state index contributed by atoms with van der Waals surface area (Å²) < 4.78 is 0. The van der Waals surface area contributed by atoms with Crippen LogP contribution >= 0.6 is 11.6 Å². The minimum Gasteiger partial charge on any atom is -0.312 e. The first-order valence-corrected chi connectivity index (χ1v) is 4.45. The van der Waals surface area contributed by atoms with Gasteiger partial charge in [-0.15, -0.1) is 0 Å². The molecule has 0 radical (unpaired) electrons. The van der Waals surface area contributed by atoms with Crippen LogP contribution in [0, 0.1) is 0 Å². The molecule has 1 aromatic rings. The Morgan fingerprint density at radius 2 is 1.86 bits per heavy atom. The van der Waals surface area contributed by atoms with Crippen LogP contribution in [0.2, 0.25) is 5.15 Å². The Morgan fingerprint density at radius 3 is 2.29 bits per heavy atom. The highest BCUT2D eigenvalue weighted by atomic mass is 35.5. The summed E-state index contributed by atoms with van der Waals surface area (Å²) in [5.74, 6) is 0.606. The Labute approximate surface area is 89.5 Å². The van der Waals surface area contributed by atoms with Crippen LogP contribution in [0.25, 0.3) is 0 Å². The quantitative estimate of drug-likeness (QED) is 0.720. The highest BCUT2D eigenvalue weighted by molar-refractivity contribution is 6.29. The lowest BCUT2D eigenvalue weighted by molar-refractivity contribution is 0.505. The molecule has 0 bridgehead atoms. The van der Waals surface area contributed by atoms with Gasteiger partial charge in [-0.2, -0.15) is 0 Å². The molecule has 2 N–H and O–H groups in total. The number of anilines is 1. The third kappa shape index (κ3) is 7.72. The Kier molecular flexibility index (Phi) is 7.00. The van der Waals surface area contributed by atoms with Crippen molar-refractivity contribution in [3.05, 3.63) is 17.5 Å². The first-order valence-electron chi connectivity index (χ1n) is 4.07. The number of nitrogens with zero attached hydrogens (tertiary/aromatic N) is 3. The molecule has 14 heavy (non-hydrogen) atoms. The van der Waals surface area contributed by atoms with E-state index in [4.69, 9.17) is 11.6 Å².